The highest BCUT2D eigenvalue weighted by Gasteiger charge is 2.08. The number of halogens is 2. The van der Waals surface area contributed by atoms with Crippen LogP contribution in [0.5, 0.6) is 0 Å². The van der Waals surface area contributed by atoms with E-state index >= 15 is 0 Å². The van der Waals surface area contributed by atoms with Gasteiger partial charge in [0.25, 0.3) is 5.69 Å². The zero-order chi connectivity index (χ0) is 8.43. The maximum Gasteiger partial charge on any atom is 0.271 e. The van der Waals surface area contributed by atoms with E-state index < -0.39 is 4.92 Å². The molecule has 0 aliphatic heterocycles. The quantitative estimate of drug-likeness (QED) is 0.434. The summed E-state index contributed by atoms with van der Waals surface area (Å²) in [7, 11) is 0. The van der Waals surface area contributed by atoms with Crippen LogP contribution in [0.15, 0.2) is 18.2 Å². The second-order valence-corrected chi connectivity index (χ2v) is 2.44. The summed E-state index contributed by atoms with van der Waals surface area (Å²) in [6, 6.07) is 4.17. The van der Waals surface area contributed by atoms with Crippen LogP contribution in [0.2, 0.25) is 5.02 Å². The molecule has 4 nitrogen and oxygen atoms in total. The molecule has 0 atom stereocenters. The molecule has 0 fully saturated rings. The summed E-state index contributed by atoms with van der Waals surface area (Å²) < 4.78 is 0. The Morgan fingerprint density at radius 2 is 2.08 bits per heavy atom. The van der Waals surface area contributed by atoms with E-state index in [0.29, 0.717) is 10.7 Å². The molecule has 0 saturated heterocycles. The van der Waals surface area contributed by atoms with Crippen LogP contribution in [-0.4, -0.2) is 4.92 Å². The highest BCUT2D eigenvalue weighted by atomic mass is 35.5. The van der Waals surface area contributed by atoms with Crippen LogP contribution in [0.4, 0.5) is 11.4 Å². The van der Waals surface area contributed by atoms with Crippen molar-refractivity contribution < 1.29 is 23.1 Å². The summed E-state index contributed by atoms with van der Waals surface area (Å²) in [5.74, 6) is 0. The monoisotopic (exact) mass is 208 g/mol. The fraction of sp³-hybridized carbons (Fsp3) is 0. The van der Waals surface area contributed by atoms with Crippen molar-refractivity contribution in [1.29, 1.82) is 0 Å². The van der Waals surface area contributed by atoms with Crippen LogP contribution in [0, 0.1) is 10.1 Å². The highest BCUT2D eigenvalue weighted by Crippen LogP contribution is 2.22. The molecule has 3 N–H and O–H groups in total. The largest absolute Gasteiger partial charge is 1.00 e. The number of nitro benzene ring substituents is 1. The topological polar surface area (TPSA) is 70.8 Å². The molecule has 12 heavy (non-hydrogen) atoms. The van der Waals surface area contributed by atoms with Crippen LogP contribution in [-0.2, 0) is 0 Å². The van der Waals surface area contributed by atoms with Crippen LogP contribution in [0.3, 0.4) is 0 Å². The lowest BCUT2D eigenvalue weighted by Crippen LogP contribution is -3.00. The minimum Gasteiger partial charge on any atom is -1.00 e. The standard InChI is InChI=1S/C6H5ClN2O2.ClH/c7-5-3-4(9(10)11)1-2-6(5)8;/h1-3H,8H2;1H. The maximum absolute atomic E-state index is 10.2. The normalized spacial score (nSPS) is 8.83. The predicted octanol–water partition coefficient (Wildman–Crippen LogP) is -1.87. The number of nitro groups is 1. The van der Waals surface area contributed by atoms with E-state index in [1.807, 2.05) is 0 Å². The molecule has 1 aromatic carbocycles. The van der Waals surface area contributed by atoms with E-state index in [-0.39, 0.29) is 18.1 Å². The molecule has 0 aliphatic carbocycles. The van der Waals surface area contributed by atoms with Crippen molar-refractivity contribution in [3.05, 3.63) is 33.3 Å². The van der Waals surface area contributed by atoms with Gasteiger partial charge in [-0.1, -0.05) is 11.6 Å². The van der Waals surface area contributed by atoms with Crippen LogP contribution >= 0.6 is 11.6 Å². The first-order chi connectivity index (χ1) is 5.11. The molecule has 0 bridgehead atoms. The fourth-order valence-corrected chi connectivity index (χ4v) is 0.825. The van der Waals surface area contributed by atoms with E-state index in [1.54, 1.807) is 0 Å². The van der Waals surface area contributed by atoms with Gasteiger partial charge in [-0.05, 0) is 0 Å². The van der Waals surface area contributed by atoms with Gasteiger partial charge < -0.3 is 18.1 Å². The number of hydrogen-bond acceptors (Lipinski definition) is 2. The SMILES string of the molecule is [Cl-].[NH3+]c1ccc([N+](=O)[O-])cc1Cl. The van der Waals surface area contributed by atoms with E-state index in [1.165, 1.54) is 18.2 Å². The van der Waals surface area contributed by atoms with E-state index in [0.717, 1.165) is 0 Å². The zero-order valence-corrected chi connectivity index (χ0v) is 7.47. The summed E-state index contributed by atoms with van der Waals surface area (Å²) in [4.78, 5) is 9.70. The third-order valence-corrected chi connectivity index (χ3v) is 1.60. The van der Waals surface area contributed by atoms with Gasteiger partial charge in [-0.3, -0.25) is 10.1 Å². The van der Waals surface area contributed by atoms with Gasteiger partial charge in [0.15, 0.2) is 0 Å². The molecular formula is C6H6Cl2N2O2. The van der Waals surface area contributed by atoms with E-state index in [9.17, 15) is 10.1 Å². The van der Waals surface area contributed by atoms with Crippen LogP contribution in [0.25, 0.3) is 0 Å². The number of hydrogen-bond donors (Lipinski definition) is 1. The smallest absolute Gasteiger partial charge is 0.271 e. The summed E-state index contributed by atoms with van der Waals surface area (Å²) in [5, 5.41) is 10.5. The Bertz CT molecular complexity index is 304. The van der Waals surface area contributed by atoms with Gasteiger partial charge in [0.2, 0.25) is 0 Å². The van der Waals surface area contributed by atoms with Crippen molar-refractivity contribution >= 4 is 23.0 Å². The van der Waals surface area contributed by atoms with Crippen molar-refractivity contribution in [2.75, 3.05) is 0 Å². The Labute approximate surface area is 79.9 Å². The minimum atomic E-state index is -0.495. The number of quaternary nitrogens is 1. The maximum atomic E-state index is 10.2. The first-order valence-electron chi connectivity index (χ1n) is 2.87. The van der Waals surface area contributed by atoms with Gasteiger partial charge in [-0.2, -0.15) is 0 Å². The zero-order valence-electron chi connectivity index (χ0n) is 5.96. The predicted molar refractivity (Wildman–Crippen MR) is 40.7 cm³/mol. The summed E-state index contributed by atoms with van der Waals surface area (Å²) in [6.07, 6.45) is 0. The van der Waals surface area contributed by atoms with Crippen molar-refractivity contribution in [2.24, 2.45) is 0 Å². The van der Waals surface area contributed by atoms with Crippen molar-refractivity contribution in [3.8, 4) is 0 Å². The van der Waals surface area contributed by atoms with Crippen molar-refractivity contribution in [3.63, 3.8) is 0 Å². The van der Waals surface area contributed by atoms with Crippen molar-refractivity contribution in [1.82, 2.24) is 0 Å². The fourth-order valence-electron chi connectivity index (χ4n) is 0.650. The molecule has 6 heteroatoms. The Balaban J connectivity index is 0.00000121. The molecule has 0 heterocycles. The highest BCUT2D eigenvalue weighted by molar-refractivity contribution is 6.32. The third-order valence-electron chi connectivity index (χ3n) is 1.25. The Kier molecular flexibility index (Phi) is 3.95. The third kappa shape index (κ3) is 2.34. The van der Waals surface area contributed by atoms with Crippen LogP contribution in [0.1, 0.15) is 0 Å². The molecule has 0 aromatic heterocycles. The van der Waals surface area contributed by atoms with Gasteiger partial charge >= 0.3 is 0 Å². The molecule has 0 spiro atoms. The second kappa shape index (κ2) is 4.25. The summed E-state index contributed by atoms with van der Waals surface area (Å²) in [5.41, 5.74) is 4.15. The number of rotatable bonds is 1. The van der Waals surface area contributed by atoms with E-state index in [2.05, 4.69) is 5.73 Å². The molecule has 1 aromatic rings. The Hall–Kier alpha value is -0.840. The van der Waals surface area contributed by atoms with Crippen molar-refractivity contribution in [2.45, 2.75) is 0 Å². The second-order valence-electron chi connectivity index (χ2n) is 2.03. The first kappa shape index (κ1) is 11.2. The van der Waals surface area contributed by atoms with Crippen LogP contribution < -0.4 is 18.1 Å². The summed E-state index contributed by atoms with van der Waals surface area (Å²) >= 11 is 5.59. The molecule has 0 aliphatic rings. The molecule has 1 rings (SSSR count). The Morgan fingerprint density at radius 1 is 1.50 bits per heavy atom. The van der Waals surface area contributed by atoms with E-state index in [4.69, 9.17) is 11.6 Å². The average molecular weight is 209 g/mol. The average Bonchev–Trinajstić information content (AvgIpc) is 1.94. The summed E-state index contributed by atoms with van der Waals surface area (Å²) in [6.45, 7) is 0. The lowest BCUT2D eigenvalue weighted by Gasteiger charge is -1.92. The molecule has 0 saturated carbocycles. The minimum absolute atomic E-state index is 0. The lowest BCUT2D eigenvalue weighted by molar-refractivity contribution is -0.385. The Morgan fingerprint density at radius 3 is 2.50 bits per heavy atom. The number of nitrogens with zero attached hydrogens (tertiary/aromatic N) is 1. The first-order valence-corrected chi connectivity index (χ1v) is 3.25. The van der Waals surface area contributed by atoms with Gasteiger partial charge in [-0.25, -0.2) is 0 Å². The van der Waals surface area contributed by atoms with Gasteiger partial charge in [0.05, 0.1) is 4.92 Å². The number of benzene rings is 1. The lowest BCUT2D eigenvalue weighted by atomic mass is 10.3. The molecular weight excluding hydrogens is 203 g/mol. The molecule has 0 radical (unpaired) electrons. The van der Waals surface area contributed by atoms with Gasteiger partial charge in [0, 0.05) is 18.2 Å². The molecule has 66 valence electrons. The number of non-ortho nitro benzene ring substituents is 1. The molecule has 0 amide bonds. The molecule has 0 unspecified atom stereocenters. The van der Waals surface area contributed by atoms with Gasteiger partial charge in [-0.15, -0.1) is 0 Å². The van der Waals surface area contributed by atoms with Gasteiger partial charge in [0.1, 0.15) is 10.7 Å².